The predicted octanol–water partition coefficient (Wildman–Crippen LogP) is 4.60. The van der Waals surface area contributed by atoms with E-state index in [-0.39, 0.29) is 5.82 Å². The maximum Gasteiger partial charge on any atom is 0.146 e. The molecule has 4 heteroatoms. The molecule has 2 aromatic rings. The van der Waals surface area contributed by atoms with E-state index in [0.717, 1.165) is 15.8 Å². The molecule has 0 unspecified atom stereocenters. The molecule has 2 nitrogen and oxygen atoms in total. The van der Waals surface area contributed by atoms with Crippen LogP contribution in [-0.4, -0.2) is 6.61 Å². The van der Waals surface area contributed by atoms with Crippen molar-refractivity contribution in [2.24, 2.45) is 0 Å². The number of para-hydroxylation sites is 1. The molecule has 0 heterocycles. The summed E-state index contributed by atoms with van der Waals surface area (Å²) in [6.45, 7) is 3.07. The molecule has 0 aliphatic heterocycles. The van der Waals surface area contributed by atoms with E-state index < -0.39 is 0 Å². The molecule has 0 radical (unpaired) electrons. The lowest BCUT2D eigenvalue weighted by Gasteiger charge is -2.12. The average Bonchev–Trinajstić information content (AvgIpc) is 2.42. The highest BCUT2D eigenvalue weighted by atomic mass is 79.9. The molecule has 0 fully saturated rings. The minimum absolute atomic E-state index is 0.267. The van der Waals surface area contributed by atoms with Crippen LogP contribution in [0.5, 0.6) is 5.75 Å². The second-order valence-electron chi connectivity index (χ2n) is 4.02. The summed E-state index contributed by atoms with van der Waals surface area (Å²) in [5.41, 5.74) is 1.48. The number of ether oxygens (including phenoxy) is 1. The van der Waals surface area contributed by atoms with Crippen molar-refractivity contribution in [1.29, 1.82) is 0 Å². The Hall–Kier alpha value is -1.55. The van der Waals surface area contributed by atoms with Crippen LogP contribution >= 0.6 is 15.9 Å². The minimum Gasteiger partial charge on any atom is -0.494 e. The normalized spacial score (nSPS) is 10.3. The molecule has 0 aromatic heterocycles. The molecule has 0 saturated heterocycles. The van der Waals surface area contributed by atoms with Gasteiger partial charge in [-0.15, -0.1) is 0 Å². The van der Waals surface area contributed by atoms with E-state index in [4.69, 9.17) is 4.74 Å². The van der Waals surface area contributed by atoms with Crippen molar-refractivity contribution in [2.75, 3.05) is 11.9 Å². The first kappa shape index (κ1) is 13.9. The van der Waals surface area contributed by atoms with Crippen molar-refractivity contribution >= 4 is 21.6 Å². The van der Waals surface area contributed by atoms with Crippen LogP contribution in [0.2, 0.25) is 0 Å². The fourth-order valence-corrected chi connectivity index (χ4v) is 2.13. The fourth-order valence-electron chi connectivity index (χ4n) is 1.77. The summed E-state index contributed by atoms with van der Waals surface area (Å²) in [4.78, 5) is 0. The van der Waals surface area contributed by atoms with Gasteiger partial charge in [-0.1, -0.05) is 34.1 Å². The van der Waals surface area contributed by atoms with Crippen LogP contribution in [-0.2, 0) is 6.54 Å². The van der Waals surface area contributed by atoms with Crippen LogP contribution in [0.4, 0.5) is 10.1 Å². The Kier molecular flexibility index (Phi) is 4.80. The van der Waals surface area contributed by atoms with Crippen LogP contribution in [0, 0.1) is 5.82 Å². The topological polar surface area (TPSA) is 21.3 Å². The molecule has 100 valence electrons. The summed E-state index contributed by atoms with van der Waals surface area (Å²) in [5.74, 6) is 0.560. The molecule has 1 N–H and O–H groups in total. The van der Waals surface area contributed by atoms with Gasteiger partial charge < -0.3 is 10.1 Å². The third kappa shape index (κ3) is 3.70. The fraction of sp³-hybridized carbons (Fsp3) is 0.200. The number of halogens is 2. The lowest BCUT2D eigenvalue weighted by atomic mass is 10.2. The van der Waals surface area contributed by atoms with E-state index in [0.29, 0.717) is 18.8 Å². The monoisotopic (exact) mass is 323 g/mol. The Morgan fingerprint density at radius 3 is 2.79 bits per heavy atom. The third-order valence-electron chi connectivity index (χ3n) is 2.67. The van der Waals surface area contributed by atoms with Crippen LogP contribution in [0.15, 0.2) is 46.9 Å². The second-order valence-corrected chi connectivity index (χ2v) is 4.93. The Morgan fingerprint density at radius 1 is 1.21 bits per heavy atom. The summed E-state index contributed by atoms with van der Waals surface area (Å²) >= 11 is 3.33. The second kappa shape index (κ2) is 6.57. The summed E-state index contributed by atoms with van der Waals surface area (Å²) in [6, 6.07) is 12.6. The van der Waals surface area contributed by atoms with Gasteiger partial charge in [-0.2, -0.15) is 0 Å². The first-order chi connectivity index (χ1) is 9.20. The summed E-state index contributed by atoms with van der Waals surface area (Å²) in [6.07, 6.45) is 0. The lowest BCUT2D eigenvalue weighted by Crippen LogP contribution is -2.04. The van der Waals surface area contributed by atoms with Crippen molar-refractivity contribution in [3.63, 3.8) is 0 Å². The molecule has 2 aromatic carbocycles. The van der Waals surface area contributed by atoms with Gasteiger partial charge >= 0.3 is 0 Å². The summed E-state index contributed by atoms with van der Waals surface area (Å²) in [7, 11) is 0. The van der Waals surface area contributed by atoms with Crippen molar-refractivity contribution in [3.05, 3.63) is 58.3 Å². The first-order valence-electron chi connectivity index (χ1n) is 6.10. The predicted molar refractivity (Wildman–Crippen MR) is 79.0 cm³/mol. The Bertz CT molecular complexity index is 560. The Balaban J connectivity index is 2.12. The third-order valence-corrected chi connectivity index (χ3v) is 3.16. The number of nitrogens with one attached hydrogen (secondary N) is 1. The van der Waals surface area contributed by atoms with E-state index in [1.807, 2.05) is 31.2 Å². The smallest absolute Gasteiger partial charge is 0.146 e. The highest BCUT2D eigenvalue weighted by molar-refractivity contribution is 9.10. The van der Waals surface area contributed by atoms with E-state index in [1.54, 1.807) is 12.1 Å². The number of anilines is 1. The molecule has 19 heavy (non-hydrogen) atoms. The van der Waals surface area contributed by atoms with Crippen molar-refractivity contribution in [1.82, 2.24) is 0 Å². The molecule has 0 atom stereocenters. The maximum atomic E-state index is 13.6. The molecule has 2 rings (SSSR count). The zero-order valence-electron chi connectivity index (χ0n) is 10.6. The highest BCUT2D eigenvalue weighted by Crippen LogP contribution is 2.23. The Morgan fingerprint density at radius 2 is 2.00 bits per heavy atom. The standard InChI is InChI=1S/C15H15BrFNO/c1-2-19-15-6-4-3-5-11(15)10-18-14-9-12(16)7-8-13(14)17/h3-9,18H,2,10H2,1H3. The van der Waals surface area contributed by atoms with Gasteiger partial charge in [0.15, 0.2) is 0 Å². The summed E-state index contributed by atoms with van der Waals surface area (Å²) < 4.78 is 20.0. The molecule has 0 aliphatic rings. The van der Waals surface area contributed by atoms with Gasteiger partial charge in [0, 0.05) is 16.6 Å². The molecule has 0 amide bonds. The molecular weight excluding hydrogens is 309 g/mol. The zero-order valence-corrected chi connectivity index (χ0v) is 12.2. The van der Waals surface area contributed by atoms with Gasteiger partial charge in [-0.25, -0.2) is 4.39 Å². The maximum absolute atomic E-state index is 13.6. The van der Waals surface area contributed by atoms with E-state index in [9.17, 15) is 4.39 Å². The van der Waals surface area contributed by atoms with E-state index in [2.05, 4.69) is 21.2 Å². The largest absolute Gasteiger partial charge is 0.494 e. The molecular formula is C15H15BrFNO. The van der Waals surface area contributed by atoms with Gasteiger partial charge in [-0.3, -0.25) is 0 Å². The number of hydrogen-bond donors (Lipinski definition) is 1. The van der Waals surface area contributed by atoms with Crippen LogP contribution in [0.3, 0.4) is 0 Å². The summed E-state index contributed by atoms with van der Waals surface area (Å²) in [5, 5.41) is 3.08. The van der Waals surface area contributed by atoms with E-state index >= 15 is 0 Å². The highest BCUT2D eigenvalue weighted by Gasteiger charge is 2.05. The van der Waals surface area contributed by atoms with E-state index in [1.165, 1.54) is 6.07 Å². The zero-order chi connectivity index (χ0) is 13.7. The minimum atomic E-state index is -0.267. The number of hydrogen-bond acceptors (Lipinski definition) is 2. The van der Waals surface area contributed by atoms with Crippen molar-refractivity contribution in [2.45, 2.75) is 13.5 Å². The quantitative estimate of drug-likeness (QED) is 0.868. The van der Waals surface area contributed by atoms with Crippen molar-refractivity contribution < 1.29 is 9.13 Å². The molecule has 0 bridgehead atoms. The SMILES string of the molecule is CCOc1ccccc1CNc1cc(Br)ccc1F. The number of rotatable bonds is 5. The van der Waals surface area contributed by atoms with Gasteiger partial charge in [0.05, 0.1) is 12.3 Å². The number of benzene rings is 2. The molecule has 0 saturated carbocycles. The van der Waals surface area contributed by atoms with Gasteiger partial charge in [0.2, 0.25) is 0 Å². The van der Waals surface area contributed by atoms with Crippen LogP contribution < -0.4 is 10.1 Å². The lowest BCUT2D eigenvalue weighted by molar-refractivity contribution is 0.337. The average molecular weight is 324 g/mol. The van der Waals surface area contributed by atoms with Gasteiger partial charge in [0.25, 0.3) is 0 Å². The van der Waals surface area contributed by atoms with Crippen LogP contribution in [0.1, 0.15) is 12.5 Å². The van der Waals surface area contributed by atoms with Crippen molar-refractivity contribution in [3.8, 4) is 5.75 Å². The van der Waals surface area contributed by atoms with Crippen LogP contribution in [0.25, 0.3) is 0 Å². The van der Waals surface area contributed by atoms with Gasteiger partial charge in [0.1, 0.15) is 11.6 Å². The molecule has 0 aliphatic carbocycles. The molecule has 0 spiro atoms. The Labute approximate surface area is 120 Å². The first-order valence-corrected chi connectivity index (χ1v) is 6.89. The van der Waals surface area contributed by atoms with Gasteiger partial charge in [-0.05, 0) is 31.2 Å².